The van der Waals surface area contributed by atoms with Crippen molar-refractivity contribution in [3.8, 4) is 5.75 Å². The minimum Gasteiger partial charge on any atom is -0.495 e. The van der Waals surface area contributed by atoms with Gasteiger partial charge in [0.2, 0.25) is 5.95 Å². The van der Waals surface area contributed by atoms with Crippen LogP contribution >= 0.6 is 0 Å². The van der Waals surface area contributed by atoms with Crippen LogP contribution in [0.2, 0.25) is 0 Å². The summed E-state index contributed by atoms with van der Waals surface area (Å²) in [6.07, 6.45) is 1.91. The first-order valence-corrected chi connectivity index (χ1v) is 8.67. The Kier molecular flexibility index (Phi) is 5.56. The van der Waals surface area contributed by atoms with Gasteiger partial charge in [0.05, 0.1) is 12.8 Å². The number of aromatic nitrogens is 3. The van der Waals surface area contributed by atoms with Crippen molar-refractivity contribution in [2.45, 2.75) is 6.92 Å². The quantitative estimate of drug-likeness (QED) is 0.664. The molecule has 3 rings (SSSR count). The van der Waals surface area contributed by atoms with Gasteiger partial charge in [0.15, 0.2) is 5.65 Å². The average molecular weight is 368 g/mol. The standard InChI is InChI=1S/C19H24N6O2/c1-13-5-8-17-22-19(23-25(17)12-13)21-15-7-6-14(11-16(15)27-4)18(26)20-9-10-24(2)3/h5-8,11-12H,9-10H2,1-4H3,(H,20,26)(H,21,23). The van der Waals surface area contributed by atoms with Gasteiger partial charge >= 0.3 is 0 Å². The normalized spacial score (nSPS) is 11.0. The van der Waals surface area contributed by atoms with Crippen molar-refractivity contribution in [3.63, 3.8) is 0 Å². The van der Waals surface area contributed by atoms with Crippen LogP contribution in [-0.2, 0) is 0 Å². The van der Waals surface area contributed by atoms with Crippen LogP contribution in [0.1, 0.15) is 15.9 Å². The van der Waals surface area contributed by atoms with Crippen molar-refractivity contribution < 1.29 is 9.53 Å². The first-order chi connectivity index (χ1) is 13.0. The number of benzene rings is 1. The molecule has 0 saturated carbocycles. The van der Waals surface area contributed by atoms with Crippen LogP contribution in [0, 0.1) is 6.92 Å². The van der Waals surface area contributed by atoms with Gasteiger partial charge in [0.25, 0.3) is 5.91 Å². The van der Waals surface area contributed by atoms with Gasteiger partial charge in [-0.05, 0) is 50.8 Å². The number of carbonyl (C=O) groups is 1. The van der Waals surface area contributed by atoms with Crippen molar-refractivity contribution in [2.24, 2.45) is 0 Å². The molecule has 0 aliphatic carbocycles. The number of ether oxygens (including phenoxy) is 1. The smallest absolute Gasteiger partial charge is 0.251 e. The molecule has 2 N–H and O–H groups in total. The second-order valence-corrected chi connectivity index (χ2v) is 6.54. The Morgan fingerprint density at radius 1 is 1.26 bits per heavy atom. The zero-order valence-corrected chi connectivity index (χ0v) is 16.0. The molecule has 0 bridgehead atoms. The molecule has 0 saturated heterocycles. The van der Waals surface area contributed by atoms with Gasteiger partial charge < -0.3 is 20.3 Å². The van der Waals surface area contributed by atoms with Crippen LogP contribution in [0.25, 0.3) is 5.65 Å². The molecular formula is C19H24N6O2. The summed E-state index contributed by atoms with van der Waals surface area (Å²) in [6, 6.07) is 9.13. The number of amides is 1. The summed E-state index contributed by atoms with van der Waals surface area (Å²) >= 11 is 0. The molecule has 0 unspecified atom stereocenters. The maximum absolute atomic E-state index is 12.3. The first kappa shape index (κ1) is 18.7. The van der Waals surface area contributed by atoms with Crippen LogP contribution in [0.15, 0.2) is 36.5 Å². The Bertz CT molecular complexity index is 951. The minimum absolute atomic E-state index is 0.136. The first-order valence-electron chi connectivity index (χ1n) is 8.67. The van der Waals surface area contributed by atoms with Gasteiger partial charge in [0.1, 0.15) is 5.75 Å². The Labute approximate surface area is 158 Å². The lowest BCUT2D eigenvalue weighted by Gasteiger charge is -2.12. The van der Waals surface area contributed by atoms with Gasteiger partial charge in [-0.1, -0.05) is 6.07 Å². The molecule has 27 heavy (non-hydrogen) atoms. The molecule has 2 heterocycles. The van der Waals surface area contributed by atoms with Crippen LogP contribution in [-0.4, -0.2) is 59.7 Å². The Morgan fingerprint density at radius 2 is 2.07 bits per heavy atom. The summed E-state index contributed by atoms with van der Waals surface area (Å²) in [5.41, 5.74) is 3.07. The summed E-state index contributed by atoms with van der Waals surface area (Å²) < 4.78 is 7.15. The van der Waals surface area contributed by atoms with E-state index in [9.17, 15) is 4.79 Å². The van der Waals surface area contributed by atoms with E-state index < -0.39 is 0 Å². The summed E-state index contributed by atoms with van der Waals surface area (Å²) in [6.45, 7) is 3.36. The van der Waals surface area contributed by atoms with Crippen LogP contribution in [0.4, 0.5) is 11.6 Å². The number of nitrogens with zero attached hydrogens (tertiary/aromatic N) is 4. The number of hydrogen-bond donors (Lipinski definition) is 2. The topological polar surface area (TPSA) is 83.8 Å². The second-order valence-electron chi connectivity index (χ2n) is 6.54. The molecule has 1 amide bonds. The lowest BCUT2D eigenvalue weighted by atomic mass is 10.1. The van der Waals surface area contributed by atoms with Crippen LogP contribution < -0.4 is 15.4 Å². The Morgan fingerprint density at radius 3 is 2.81 bits per heavy atom. The third-order valence-corrected chi connectivity index (χ3v) is 4.03. The summed E-state index contributed by atoms with van der Waals surface area (Å²) in [4.78, 5) is 18.7. The van der Waals surface area contributed by atoms with Gasteiger partial charge in [-0.2, -0.15) is 4.98 Å². The number of nitrogens with one attached hydrogen (secondary N) is 2. The minimum atomic E-state index is -0.136. The molecule has 0 spiro atoms. The van der Waals surface area contributed by atoms with Gasteiger partial charge in [0, 0.05) is 24.8 Å². The fourth-order valence-electron chi connectivity index (χ4n) is 2.59. The lowest BCUT2D eigenvalue weighted by molar-refractivity contribution is 0.0950. The molecule has 3 aromatic rings. The van der Waals surface area contributed by atoms with Gasteiger partial charge in [-0.25, -0.2) is 4.52 Å². The predicted molar refractivity (Wildman–Crippen MR) is 105 cm³/mol. The van der Waals surface area contributed by atoms with E-state index in [1.165, 1.54) is 0 Å². The zero-order valence-electron chi connectivity index (χ0n) is 16.0. The number of pyridine rings is 1. The fourth-order valence-corrected chi connectivity index (χ4v) is 2.59. The molecule has 8 nitrogen and oxygen atoms in total. The highest BCUT2D eigenvalue weighted by atomic mass is 16.5. The number of hydrogen-bond acceptors (Lipinski definition) is 6. The molecule has 1 aromatic carbocycles. The second kappa shape index (κ2) is 8.05. The van der Waals surface area contributed by atoms with E-state index in [0.29, 0.717) is 29.5 Å². The van der Waals surface area contributed by atoms with E-state index >= 15 is 0 Å². The lowest BCUT2D eigenvalue weighted by Crippen LogP contribution is -2.31. The number of anilines is 2. The van der Waals surface area contributed by atoms with Gasteiger partial charge in [-0.3, -0.25) is 4.79 Å². The van der Waals surface area contributed by atoms with E-state index in [4.69, 9.17) is 4.74 Å². The number of carbonyl (C=O) groups excluding carboxylic acids is 1. The molecule has 8 heteroatoms. The highest BCUT2D eigenvalue weighted by molar-refractivity contribution is 5.95. The van der Waals surface area contributed by atoms with Crippen molar-refractivity contribution in [1.29, 1.82) is 0 Å². The van der Waals surface area contributed by atoms with Crippen molar-refractivity contribution in [1.82, 2.24) is 24.8 Å². The summed E-state index contributed by atoms with van der Waals surface area (Å²) in [7, 11) is 5.49. The number of aryl methyl sites for hydroxylation is 1. The number of fused-ring (bicyclic) bond motifs is 1. The molecular weight excluding hydrogens is 344 g/mol. The van der Waals surface area contributed by atoms with E-state index in [1.54, 1.807) is 29.8 Å². The monoisotopic (exact) mass is 368 g/mol. The van der Waals surface area contributed by atoms with Crippen LogP contribution in [0.3, 0.4) is 0 Å². The third-order valence-electron chi connectivity index (χ3n) is 4.03. The van der Waals surface area contributed by atoms with Crippen molar-refractivity contribution in [2.75, 3.05) is 39.6 Å². The number of methoxy groups -OCH3 is 1. The highest BCUT2D eigenvalue weighted by Gasteiger charge is 2.12. The molecule has 0 atom stereocenters. The Hall–Kier alpha value is -3.13. The molecule has 142 valence electrons. The average Bonchev–Trinajstić information content (AvgIpc) is 3.03. The van der Waals surface area contributed by atoms with E-state index in [1.807, 2.05) is 44.2 Å². The summed E-state index contributed by atoms with van der Waals surface area (Å²) in [5.74, 6) is 0.871. The Balaban J connectivity index is 1.76. The van der Waals surface area contributed by atoms with E-state index in [0.717, 1.165) is 17.8 Å². The molecule has 0 fully saturated rings. The fraction of sp³-hybridized carbons (Fsp3) is 0.316. The molecule has 0 aliphatic rings. The van der Waals surface area contributed by atoms with Crippen LogP contribution in [0.5, 0.6) is 5.75 Å². The largest absolute Gasteiger partial charge is 0.495 e. The predicted octanol–water partition coefficient (Wildman–Crippen LogP) is 2.08. The molecule has 0 radical (unpaired) electrons. The maximum atomic E-state index is 12.3. The van der Waals surface area contributed by atoms with Gasteiger partial charge in [-0.15, -0.1) is 5.10 Å². The number of rotatable bonds is 7. The highest BCUT2D eigenvalue weighted by Crippen LogP contribution is 2.28. The third kappa shape index (κ3) is 4.53. The molecule has 2 aromatic heterocycles. The zero-order chi connectivity index (χ0) is 19.4. The maximum Gasteiger partial charge on any atom is 0.251 e. The van der Waals surface area contributed by atoms with Crippen molar-refractivity contribution >= 4 is 23.2 Å². The SMILES string of the molecule is COc1cc(C(=O)NCCN(C)C)ccc1Nc1nc2ccc(C)cn2n1. The van der Waals surface area contributed by atoms with E-state index in [-0.39, 0.29) is 5.91 Å². The summed E-state index contributed by atoms with van der Waals surface area (Å²) in [5, 5.41) is 10.5. The molecule has 0 aliphatic heterocycles. The van der Waals surface area contributed by atoms with E-state index in [2.05, 4.69) is 20.7 Å². The van der Waals surface area contributed by atoms with Crippen molar-refractivity contribution in [3.05, 3.63) is 47.7 Å². The number of likely N-dealkylation sites (N-methyl/N-ethyl adjacent to an activating group) is 1.